The van der Waals surface area contributed by atoms with Crippen molar-refractivity contribution in [1.82, 2.24) is 0 Å². The molecule has 2 aromatic carbocycles. The van der Waals surface area contributed by atoms with Gasteiger partial charge in [-0.15, -0.1) is 0 Å². The van der Waals surface area contributed by atoms with Crippen LogP contribution < -0.4 is 19.5 Å². The van der Waals surface area contributed by atoms with Gasteiger partial charge in [0, 0.05) is 12.5 Å². The van der Waals surface area contributed by atoms with E-state index in [1.807, 2.05) is 18.2 Å². The summed E-state index contributed by atoms with van der Waals surface area (Å²) in [7, 11) is 0. The van der Waals surface area contributed by atoms with E-state index in [0.29, 0.717) is 17.4 Å². The second-order valence-electron chi connectivity index (χ2n) is 7.86. The molecule has 1 fully saturated rings. The van der Waals surface area contributed by atoms with Gasteiger partial charge in [0.15, 0.2) is 0 Å². The number of amides is 2. The molecule has 1 atom stereocenters. The normalized spacial score (nSPS) is 15.4. The lowest BCUT2D eigenvalue weighted by Gasteiger charge is -2.23. The van der Waals surface area contributed by atoms with Crippen LogP contribution in [0.5, 0.6) is 11.5 Å². The van der Waals surface area contributed by atoms with Gasteiger partial charge in [0.25, 0.3) is 0 Å². The predicted molar refractivity (Wildman–Crippen MR) is 124 cm³/mol. The molecule has 0 aliphatic heterocycles. The summed E-state index contributed by atoms with van der Waals surface area (Å²) in [6.45, 7) is 2.14. The maximum Gasteiger partial charge on any atom is 0.329 e. The topological polar surface area (TPSA) is 64.8 Å². The lowest BCUT2D eigenvalue weighted by molar-refractivity contribution is -0.00209. The first kappa shape index (κ1) is 22.3. The van der Waals surface area contributed by atoms with E-state index in [4.69, 9.17) is 15.2 Å². The number of thiol groups is 1. The monoisotopic (exact) mass is 428 g/mol. The summed E-state index contributed by atoms with van der Waals surface area (Å²) in [5.74, 6) is 2.09. The summed E-state index contributed by atoms with van der Waals surface area (Å²) in [4.78, 5) is 11.4. The molecule has 0 bridgehead atoms. The number of rotatable bonds is 9. The van der Waals surface area contributed by atoms with E-state index >= 15 is 0 Å². The molecule has 6 heteroatoms. The Morgan fingerprint density at radius 3 is 2.47 bits per heavy atom. The Morgan fingerprint density at radius 2 is 1.80 bits per heavy atom. The maximum atomic E-state index is 11.4. The number of benzene rings is 2. The number of carbonyl (C=O) groups excluding carboxylic acids is 1. The van der Waals surface area contributed by atoms with Crippen molar-refractivity contribution in [2.45, 2.75) is 70.5 Å². The van der Waals surface area contributed by atoms with E-state index in [0.717, 1.165) is 29.3 Å². The van der Waals surface area contributed by atoms with Gasteiger partial charge >= 0.3 is 6.03 Å². The molecule has 3 rings (SSSR count). The van der Waals surface area contributed by atoms with E-state index in [1.165, 1.54) is 37.7 Å². The number of nitrogens with zero attached hydrogens (tertiary/aromatic N) is 1. The van der Waals surface area contributed by atoms with Crippen molar-refractivity contribution in [2.24, 2.45) is 5.73 Å². The van der Waals surface area contributed by atoms with Crippen molar-refractivity contribution in [1.29, 1.82) is 0 Å². The zero-order chi connectivity index (χ0) is 21.3. The van der Waals surface area contributed by atoms with Crippen molar-refractivity contribution in [2.75, 3.05) is 4.31 Å². The molecule has 1 aliphatic rings. The summed E-state index contributed by atoms with van der Waals surface area (Å²) in [6, 6.07) is 14.9. The molecule has 162 valence electrons. The van der Waals surface area contributed by atoms with Gasteiger partial charge in [0.2, 0.25) is 6.29 Å². The van der Waals surface area contributed by atoms with Crippen LogP contribution in [0.1, 0.15) is 69.8 Å². The second kappa shape index (κ2) is 11.2. The Balaban J connectivity index is 1.67. The van der Waals surface area contributed by atoms with Gasteiger partial charge < -0.3 is 15.2 Å². The van der Waals surface area contributed by atoms with Crippen LogP contribution in [0.3, 0.4) is 0 Å². The molecule has 2 aromatic rings. The zero-order valence-corrected chi connectivity index (χ0v) is 18.5. The Bertz CT molecular complexity index is 806. The highest BCUT2D eigenvalue weighted by atomic mass is 32.1. The minimum Gasteiger partial charge on any atom is -0.455 e. The van der Waals surface area contributed by atoms with Gasteiger partial charge in [-0.2, -0.15) is 0 Å². The van der Waals surface area contributed by atoms with Crippen LogP contribution in [0.15, 0.2) is 48.5 Å². The molecule has 1 saturated carbocycles. The van der Waals surface area contributed by atoms with Crippen LogP contribution in [0, 0.1) is 0 Å². The summed E-state index contributed by atoms with van der Waals surface area (Å²) in [5.41, 5.74) is 7.25. The first-order valence-corrected chi connectivity index (χ1v) is 11.3. The predicted octanol–water partition coefficient (Wildman–Crippen LogP) is 6.44. The fourth-order valence-corrected chi connectivity index (χ4v) is 4.01. The largest absolute Gasteiger partial charge is 0.455 e. The van der Waals surface area contributed by atoms with Crippen LogP contribution in [-0.2, 0) is 0 Å². The minimum atomic E-state index is -0.646. The highest BCUT2D eigenvalue weighted by Gasteiger charge is 2.17. The third-order valence-electron chi connectivity index (χ3n) is 5.56. The molecule has 0 aromatic heterocycles. The van der Waals surface area contributed by atoms with Crippen LogP contribution >= 0.6 is 12.8 Å². The number of carbonyl (C=O) groups is 1. The molecule has 5 nitrogen and oxygen atoms in total. The Hall–Kier alpha value is -2.34. The van der Waals surface area contributed by atoms with Crippen LogP contribution in [-0.4, -0.2) is 12.3 Å². The maximum absolute atomic E-state index is 11.4. The number of hydrogen-bond donors (Lipinski definition) is 2. The summed E-state index contributed by atoms with van der Waals surface area (Å²) in [5, 5.41) is 0. The molecule has 0 spiro atoms. The van der Waals surface area contributed by atoms with Crippen molar-refractivity contribution < 1.29 is 14.3 Å². The number of nitrogens with two attached hydrogens (primary N) is 1. The van der Waals surface area contributed by atoms with Crippen LogP contribution in [0.2, 0.25) is 0 Å². The highest BCUT2D eigenvalue weighted by molar-refractivity contribution is 7.82. The number of unbranched alkanes of at least 4 members (excludes halogenated alkanes) is 1. The van der Waals surface area contributed by atoms with Gasteiger partial charge in [0.05, 0.1) is 5.69 Å². The first-order chi connectivity index (χ1) is 14.6. The van der Waals surface area contributed by atoms with Gasteiger partial charge in [-0.05, 0) is 55.0 Å². The molecule has 0 radical (unpaired) electrons. The smallest absolute Gasteiger partial charge is 0.329 e. The highest BCUT2D eigenvalue weighted by Crippen LogP contribution is 2.33. The molecule has 1 aliphatic carbocycles. The fourth-order valence-electron chi connectivity index (χ4n) is 3.89. The van der Waals surface area contributed by atoms with Gasteiger partial charge in [-0.1, -0.05) is 63.6 Å². The Morgan fingerprint density at radius 1 is 1.10 bits per heavy atom. The summed E-state index contributed by atoms with van der Waals surface area (Å²) in [6.07, 6.45) is 8.98. The number of urea groups is 1. The molecule has 0 heterocycles. The average Bonchev–Trinajstić information content (AvgIpc) is 2.78. The molecule has 30 heavy (non-hydrogen) atoms. The van der Waals surface area contributed by atoms with Gasteiger partial charge in [0.1, 0.15) is 11.5 Å². The molecular weight excluding hydrogens is 396 g/mol. The first-order valence-electron chi connectivity index (χ1n) is 10.9. The second-order valence-corrected chi connectivity index (χ2v) is 8.26. The minimum absolute atomic E-state index is 0.414. The molecule has 2 amide bonds. The lowest BCUT2D eigenvalue weighted by Crippen LogP contribution is -2.27. The number of hydrogen-bond acceptors (Lipinski definition) is 4. The van der Waals surface area contributed by atoms with Crippen LogP contribution in [0.4, 0.5) is 10.5 Å². The van der Waals surface area contributed by atoms with Crippen molar-refractivity contribution >= 4 is 24.5 Å². The van der Waals surface area contributed by atoms with Gasteiger partial charge in [-0.25, -0.2) is 9.10 Å². The third kappa shape index (κ3) is 6.33. The summed E-state index contributed by atoms with van der Waals surface area (Å²) < 4.78 is 13.3. The van der Waals surface area contributed by atoms with Crippen molar-refractivity contribution in [3.8, 4) is 11.5 Å². The Labute approximate surface area is 185 Å². The molecule has 0 saturated heterocycles. The van der Waals surface area contributed by atoms with E-state index in [-0.39, 0.29) is 0 Å². The molecular formula is C24H32N2O3S. The van der Waals surface area contributed by atoms with E-state index in [9.17, 15) is 4.79 Å². The molecule has 2 N–H and O–H groups in total. The van der Waals surface area contributed by atoms with Crippen molar-refractivity contribution in [3.63, 3.8) is 0 Å². The number of ether oxygens (including phenoxy) is 2. The van der Waals surface area contributed by atoms with Gasteiger partial charge in [-0.3, -0.25) is 0 Å². The summed E-state index contributed by atoms with van der Waals surface area (Å²) >= 11 is 4.11. The lowest BCUT2D eigenvalue weighted by atomic mass is 9.84. The standard InChI is InChI=1S/C24H32N2O3S/c1-2-3-12-23(29-22-11-7-10-20(17-22)26(30)24(25)27)28-21-15-13-19(14-16-21)18-8-5-4-6-9-18/h7,10-11,13-18,23,30H,2-6,8-9,12H2,1H3,(H2,25,27). The average molecular weight is 429 g/mol. The number of anilines is 1. The van der Waals surface area contributed by atoms with E-state index in [2.05, 4.69) is 31.9 Å². The quantitative estimate of drug-likeness (QED) is 0.357. The fraction of sp³-hybridized carbons (Fsp3) is 0.458. The molecule has 1 unspecified atom stereocenters. The number of primary amides is 1. The zero-order valence-electron chi connectivity index (χ0n) is 17.6. The third-order valence-corrected chi connectivity index (χ3v) is 5.98. The van der Waals surface area contributed by atoms with E-state index < -0.39 is 12.3 Å². The van der Waals surface area contributed by atoms with Crippen LogP contribution in [0.25, 0.3) is 0 Å². The van der Waals surface area contributed by atoms with E-state index in [1.54, 1.807) is 18.2 Å². The Kier molecular flexibility index (Phi) is 8.31. The SMILES string of the molecule is CCCCC(Oc1ccc(C2CCCCC2)cc1)Oc1cccc(N(S)C(N)=O)c1. The van der Waals surface area contributed by atoms with Crippen molar-refractivity contribution in [3.05, 3.63) is 54.1 Å².